The maximum absolute atomic E-state index is 17.1. The van der Waals surface area contributed by atoms with Gasteiger partial charge in [-0.2, -0.15) is 0 Å². The van der Waals surface area contributed by atoms with Crippen LogP contribution in [0.25, 0.3) is 0 Å². The highest BCUT2D eigenvalue weighted by molar-refractivity contribution is 6.24. The first-order chi connectivity index (χ1) is 38.0. The molecule has 1 saturated carbocycles. The van der Waals surface area contributed by atoms with E-state index in [1.807, 2.05) is 127 Å². The van der Waals surface area contributed by atoms with E-state index in [2.05, 4.69) is 17.2 Å². The summed E-state index contributed by atoms with van der Waals surface area (Å²) >= 11 is 0. The fourth-order valence-electron chi connectivity index (χ4n) is 12.8. The average molecular weight is 1050 g/mol. The normalized spacial score (nSPS) is 23.6. The van der Waals surface area contributed by atoms with Gasteiger partial charge in [0.15, 0.2) is 11.5 Å². The molecule has 0 unspecified atom stereocenters. The molecule has 78 heavy (non-hydrogen) atoms. The first-order valence-electron chi connectivity index (χ1n) is 27.0. The van der Waals surface area contributed by atoms with Crippen LogP contribution in [0.15, 0.2) is 146 Å². The quantitative estimate of drug-likeness (QED) is 0.0643. The first-order valence-corrected chi connectivity index (χ1v) is 27.0. The molecule has 3 fully saturated rings. The maximum atomic E-state index is 17.1. The van der Waals surface area contributed by atoms with Crippen molar-refractivity contribution in [2.45, 2.75) is 99.7 Å². The number of aliphatic hydroxyl groups is 2. The van der Waals surface area contributed by atoms with Crippen molar-refractivity contribution < 1.29 is 48.3 Å². The molecule has 4 aliphatic heterocycles. The second-order valence-corrected chi connectivity index (χ2v) is 21.0. The van der Waals surface area contributed by atoms with Gasteiger partial charge in [-0.25, -0.2) is 9.69 Å². The third kappa shape index (κ3) is 9.33. The fraction of sp³-hybridized carbons (Fsp3) is 0.344. The van der Waals surface area contributed by atoms with Gasteiger partial charge in [-0.1, -0.05) is 128 Å². The number of benzene rings is 6. The van der Waals surface area contributed by atoms with Gasteiger partial charge in [0.2, 0.25) is 11.8 Å². The van der Waals surface area contributed by atoms with Crippen LogP contribution in [0.5, 0.6) is 17.2 Å². The van der Waals surface area contributed by atoms with Crippen molar-refractivity contribution in [3.05, 3.63) is 190 Å². The summed E-state index contributed by atoms with van der Waals surface area (Å²) in [4.78, 5) is 70.0. The van der Waals surface area contributed by atoms with Crippen molar-refractivity contribution in [3.63, 3.8) is 0 Å². The number of anilines is 1. The summed E-state index contributed by atoms with van der Waals surface area (Å²) in [6.07, 6.45) is 4.18. The molecule has 4 heterocycles. The molecule has 400 valence electrons. The molecular weight excluding hydrogens is 985 g/mol. The van der Waals surface area contributed by atoms with E-state index in [4.69, 9.17) is 18.9 Å². The van der Waals surface area contributed by atoms with Crippen LogP contribution >= 0.6 is 0 Å². The van der Waals surface area contributed by atoms with E-state index in [9.17, 15) is 10.2 Å². The highest BCUT2D eigenvalue weighted by atomic mass is 16.6. The Labute approximate surface area is 454 Å². The predicted molar refractivity (Wildman–Crippen MR) is 293 cm³/mol. The SMILES string of the molecule is COc1cc2c(cc1OC)CN(C(=O)[C@H]1[C@@H]3C(=O)O[C@@H](c4ccccc4)[C@@H](c4ccccc4)N3[C@@H](c3ccc(OCCO)cc3)[C@]13C(=O)N(C(=O)N[C@H](C)c1ccccc1)c1ccc(C#CC4(O)CCCCCC4)cc13)CC2. The fourth-order valence-corrected chi connectivity index (χ4v) is 12.8. The molecule has 0 aromatic heterocycles. The summed E-state index contributed by atoms with van der Waals surface area (Å²) in [5.74, 6) is 4.59. The van der Waals surface area contributed by atoms with Gasteiger partial charge in [0.1, 0.15) is 35.5 Å². The van der Waals surface area contributed by atoms with Gasteiger partial charge in [0.25, 0.3) is 0 Å². The molecule has 5 aliphatic rings. The van der Waals surface area contributed by atoms with E-state index in [0.717, 1.165) is 52.8 Å². The molecule has 14 nitrogen and oxygen atoms in total. The highest BCUT2D eigenvalue weighted by Crippen LogP contribution is 2.66. The number of nitrogens with zero attached hydrogens (tertiary/aromatic N) is 3. The largest absolute Gasteiger partial charge is 0.493 e. The molecule has 6 aromatic carbocycles. The zero-order chi connectivity index (χ0) is 54.1. The predicted octanol–water partition coefficient (Wildman–Crippen LogP) is 9.23. The lowest BCUT2D eigenvalue weighted by atomic mass is 9.64. The number of cyclic esters (lactones) is 1. The summed E-state index contributed by atoms with van der Waals surface area (Å²) in [7, 11) is 3.13. The second-order valence-electron chi connectivity index (χ2n) is 21.0. The average Bonchev–Trinajstić information content (AvgIpc) is 3.21. The Balaban J connectivity index is 1.18. The second kappa shape index (κ2) is 21.8. The van der Waals surface area contributed by atoms with Gasteiger partial charge >= 0.3 is 12.0 Å². The highest BCUT2D eigenvalue weighted by Gasteiger charge is 2.76. The van der Waals surface area contributed by atoms with Gasteiger partial charge in [0, 0.05) is 18.7 Å². The topological polar surface area (TPSA) is 167 Å². The van der Waals surface area contributed by atoms with Crippen molar-refractivity contribution in [2.24, 2.45) is 5.92 Å². The van der Waals surface area contributed by atoms with Crippen LogP contribution in [0.2, 0.25) is 0 Å². The van der Waals surface area contributed by atoms with E-state index in [1.165, 1.54) is 0 Å². The monoisotopic (exact) mass is 1050 g/mol. The summed E-state index contributed by atoms with van der Waals surface area (Å²) in [5, 5.41) is 24.8. The Morgan fingerprint density at radius 2 is 1.41 bits per heavy atom. The minimum atomic E-state index is -2.05. The van der Waals surface area contributed by atoms with Crippen LogP contribution in [0, 0.1) is 17.8 Å². The van der Waals surface area contributed by atoms with Crippen LogP contribution in [0.4, 0.5) is 10.5 Å². The van der Waals surface area contributed by atoms with Crippen molar-refractivity contribution in [1.29, 1.82) is 0 Å². The Bertz CT molecular complexity index is 3260. The number of fused-ring (bicyclic) bond motifs is 4. The summed E-state index contributed by atoms with van der Waals surface area (Å²) in [6.45, 7) is 2.01. The lowest BCUT2D eigenvalue weighted by Gasteiger charge is -2.46. The number of carbonyl (C=O) groups is 4. The van der Waals surface area contributed by atoms with Crippen LogP contribution in [0.3, 0.4) is 0 Å². The van der Waals surface area contributed by atoms with Crippen molar-refractivity contribution in [3.8, 4) is 29.1 Å². The van der Waals surface area contributed by atoms with E-state index in [0.29, 0.717) is 58.8 Å². The van der Waals surface area contributed by atoms with E-state index >= 15 is 19.2 Å². The molecular formula is C64H64N4O10. The lowest BCUT2D eigenvalue weighted by Crippen LogP contribution is -2.57. The number of hydrogen-bond acceptors (Lipinski definition) is 11. The number of hydrogen-bond donors (Lipinski definition) is 3. The molecule has 0 radical (unpaired) electrons. The van der Waals surface area contributed by atoms with E-state index in [-0.39, 0.29) is 32.0 Å². The molecule has 11 rings (SSSR count). The Kier molecular flexibility index (Phi) is 14.6. The Hall–Kier alpha value is -7.96. The van der Waals surface area contributed by atoms with Crippen molar-refractivity contribution >= 4 is 29.5 Å². The van der Waals surface area contributed by atoms with Crippen LogP contribution in [0.1, 0.15) is 114 Å². The van der Waals surface area contributed by atoms with Crippen LogP contribution in [-0.2, 0) is 37.5 Å². The molecule has 14 heteroatoms. The number of methoxy groups -OCH3 is 2. The number of carbonyl (C=O) groups excluding carboxylic acids is 4. The minimum absolute atomic E-state index is 0.0338. The van der Waals surface area contributed by atoms with Crippen molar-refractivity contribution in [2.75, 3.05) is 38.9 Å². The number of amides is 4. The van der Waals surface area contributed by atoms with Gasteiger partial charge in [-0.15, -0.1) is 0 Å². The molecule has 2 saturated heterocycles. The number of imide groups is 1. The smallest absolute Gasteiger partial charge is 0.329 e. The lowest BCUT2D eigenvalue weighted by molar-refractivity contribution is -0.179. The zero-order valence-electron chi connectivity index (χ0n) is 44.1. The van der Waals surface area contributed by atoms with E-state index in [1.54, 1.807) is 49.5 Å². The van der Waals surface area contributed by atoms with Gasteiger partial charge in [-0.3, -0.25) is 19.3 Å². The van der Waals surface area contributed by atoms with Gasteiger partial charge in [-0.05, 0) is 120 Å². The number of morpholine rings is 1. The standard InChI is InChI=1S/C64H64N4O10/c1-41(43-17-9-6-10-18-43)65-62(73)67-51-28-23-42(29-33-63(74)31-15-4-5-16-32-63)37-50(51)64(61(67)72)54(59(70)66-34-30-47-38-52(75-2)53(76-3)39-48(47)40-66)56-60(71)78-57(45-21-13-8-14-22-45)55(44-19-11-7-12-20-44)68(56)58(64)46-24-26-49(27-25-46)77-36-35-69/h6-14,17-28,37-39,41,54-58,69,74H,4-5,15-16,30-32,34-36,40H2,1-3H3,(H,65,73)/t41-,54-,55-,56-,57+,58+,64-/m1/s1. The van der Waals surface area contributed by atoms with Gasteiger partial charge in [0.05, 0.1) is 50.6 Å². The summed E-state index contributed by atoms with van der Waals surface area (Å²) in [5.41, 5.74) is 2.32. The third-order valence-corrected chi connectivity index (χ3v) is 16.5. The summed E-state index contributed by atoms with van der Waals surface area (Å²) < 4.78 is 24.1. The number of esters is 1. The molecule has 3 N–H and O–H groups in total. The molecule has 1 spiro atoms. The maximum Gasteiger partial charge on any atom is 0.329 e. The third-order valence-electron chi connectivity index (χ3n) is 16.5. The minimum Gasteiger partial charge on any atom is -0.493 e. The Morgan fingerprint density at radius 1 is 0.769 bits per heavy atom. The molecule has 0 bridgehead atoms. The molecule has 6 aromatic rings. The number of urea groups is 1. The molecule has 7 atom stereocenters. The molecule has 4 amide bonds. The van der Waals surface area contributed by atoms with Crippen molar-refractivity contribution in [1.82, 2.24) is 15.1 Å². The number of aliphatic hydroxyl groups excluding tert-OH is 1. The Morgan fingerprint density at radius 3 is 2.06 bits per heavy atom. The zero-order valence-corrected chi connectivity index (χ0v) is 44.1. The summed E-state index contributed by atoms with van der Waals surface area (Å²) in [6, 6.07) is 40.1. The van der Waals surface area contributed by atoms with Gasteiger partial charge < -0.3 is 39.4 Å². The first kappa shape index (κ1) is 52.1. The number of rotatable bonds is 11. The number of nitrogens with one attached hydrogen (secondary N) is 1. The van der Waals surface area contributed by atoms with E-state index < -0.39 is 71.0 Å². The van der Waals surface area contributed by atoms with Crippen LogP contribution < -0.4 is 24.4 Å². The number of ether oxygens (including phenoxy) is 4. The molecule has 1 aliphatic carbocycles. The van der Waals surface area contributed by atoms with Crippen LogP contribution in [-0.4, -0.2) is 89.4 Å².